The molecule has 1 aromatic heterocycles. The molecule has 1 aliphatic rings. The molecule has 0 saturated heterocycles. The Hall–Kier alpha value is -3.01. The molecule has 3 aromatic rings. The molecular weight excluding hydrogens is 467 g/mol. The predicted octanol–water partition coefficient (Wildman–Crippen LogP) is 6.22. The van der Waals surface area contributed by atoms with Crippen molar-refractivity contribution in [2.24, 2.45) is 0 Å². The molecular formula is C24H26F3N3O3S. The molecule has 0 atom stereocenters. The molecule has 0 amide bonds. The van der Waals surface area contributed by atoms with Gasteiger partial charge < -0.3 is 9.84 Å². The Morgan fingerprint density at radius 1 is 1.12 bits per heavy atom. The number of alkyl halides is 3. The molecule has 0 spiro atoms. The Morgan fingerprint density at radius 3 is 2.29 bits per heavy atom. The normalized spacial score (nSPS) is 14.2. The molecule has 182 valence electrons. The number of hydrogen-bond acceptors (Lipinski definition) is 5. The Kier molecular flexibility index (Phi) is 7.60. The van der Waals surface area contributed by atoms with Gasteiger partial charge in [0.25, 0.3) is 0 Å². The fourth-order valence-corrected chi connectivity index (χ4v) is 4.10. The Labute approximate surface area is 200 Å². The van der Waals surface area contributed by atoms with Crippen molar-refractivity contribution in [2.75, 3.05) is 0 Å². The van der Waals surface area contributed by atoms with Crippen LogP contribution >= 0.6 is 11.8 Å². The minimum atomic E-state index is -4.39. The number of benzene rings is 2. The SMILES string of the molecule is CC.Cc1cc(SCc2nn(-c3ccc(C(F)(F)F)cc3)nc2C)ccc1OC1(C(=O)O)CC1. The van der Waals surface area contributed by atoms with Crippen molar-refractivity contribution in [1.29, 1.82) is 0 Å². The van der Waals surface area contributed by atoms with Crippen molar-refractivity contribution >= 4 is 17.7 Å². The molecule has 1 saturated carbocycles. The van der Waals surface area contributed by atoms with E-state index >= 15 is 0 Å². The van der Waals surface area contributed by atoms with Crippen molar-refractivity contribution in [1.82, 2.24) is 15.0 Å². The summed E-state index contributed by atoms with van der Waals surface area (Å²) in [6, 6.07) is 10.2. The van der Waals surface area contributed by atoms with E-state index < -0.39 is 23.3 Å². The average molecular weight is 494 g/mol. The van der Waals surface area contributed by atoms with Gasteiger partial charge in [0.05, 0.1) is 22.6 Å². The zero-order valence-corrected chi connectivity index (χ0v) is 20.1. The molecule has 1 heterocycles. The number of ether oxygens (including phenoxy) is 1. The molecule has 10 heteroatoms. The molecule has 34 heavy (non-hydrogen) atoms. The molecule has 6 nitrogen and oxygen atoms in total. The summed E-state index contributed by atoms with van der Waals surface area (Å²) in [6.07, 6.45) is -3.38. The minimum absolute atomic E-state index is 0.446. The van der Waals surface area contributed by atoms with Crippen LogP contribution in [-0.4, -0.2) is 31.7 Å². The van der Waals surface area contributed by atoms with Crippen LogP contribution in [0.2, 0.25) is 0 Å². The van der Waals surface area contributed by atoms with E-state index in [1.807, 2.05) is 32.9 Å². The van der Waals surface area contributed by atoms with E-state index in [1.165, 1.54) is 28.7 Å². The third kappa shape index (κ3) is 5.72. The van der Waals surface area contributed by atoms with Crippen molar-refractivity contribution in [2.45, 2.75) is 63.0 Å². The summed E-state index contributed by atoms with van der Waals surface area (Å²) in [5, 5.41) is 18.0. The Balaban J connectivity index is 0.00000158. The molecule has 0 bridgehead atoms. The number of thioether (sulfide) groups is 1. The van der Waals surface area contributed by atoms with Gasteiger partial charge in [-0.1, -0.05) is 13.8 Å². The lowest BCUT2D eigenvalue weighted by Gasteiger charge is -2.16. The molecule has 0 unspecified atom stereocenters. The second-order valence-corrected chi connectivity index (χ2v) is 8.73. The summed E-state index contributed by atoms with van der Waals surface area (Å²) < 4.78 is 44.0. The highest BCUT2D eigenvalue weighted by atomic mass is 32.2. The van der Waals surface area contributed by atoms with Crippen LogP contribution in [0, 0.1) is 13.8 Å². The third-order valence-corrected chi connectivity index (χ3v) is 6.23. The quantitative estimate of drug-likeness (QED) is 0.394. The van der Waals surface area contributed by atoms with E-state index in [4.69, 9.17) is 4.74 Å². The first-order valence-electron chi connectivity index (χ1n) is 10.8. The summed E-state index contributed by atoms with van der Waals surface area (Å²) in [5.41, 5.74) is 0.879. The standard InChI is InChI=1S/C22H20F3N3O3S.C2H6/c1-13-11-17(7-8-19(13)31-21(9-10-21)20(29)30)32-12-18-14(2)26-28(27-18)16-5-3-15(4-6-16)22(23,24)25;1-2/h3-8,11H,9-10,12H2,1-2H3,(H,29,30);1-2H3. The van der Waals surface area contributed by atoms with Gasteiger partial charge in [0.1, 0.15) is 5.75 Å². The van der Waals surface area contributed by atoms with E-state index in [0.29, 0.717) is 35.7 Å². The summed E-state index contributed by atoms with van der Waals surface area (Å²) in [5.74, 6) is 0.131. The highest BCUT2D eigenvalue weighted by Crippen LogP contribution is 2.42. The van der Waals surface area contributed by atoms with Crippen LogP contribution in [0.5, 0.6) is 5.75 Å². The monoisotopic (exact) mass is 493 g/mol. The van der Waals surface area contributed by atoms with E-state index in [0.717, 1.165) is 28.3 Å². The van der Waals surface area contributed by atoms with Gasteiger partial charge in [0, 0.05) is 23.5 Å². The van der Waals surface area contributed by atoms with Crippen molar-refractivity contribution in [3.63, 3.8) is 0 Å². The topological polar surface area (TPSA) is 77.2 Å². The zero-order chi connectivity index (χ0) is 25.1. The number of aryl methyl sites for hydroxylation is 2. The summed E-state index contributed by atoms with van der Waals surface area (Å²) in [6.45, 7) is 7.66. The maximum absolute atomic E-state index is 12.7. The smallest absolute Gasteiger partial charge is 0.416 e. The lowest BCUT2D eigenvalue weighted by atomic mass is 10.2. The molecule has 1 fully saturated rings. The summed E-state index contributed by atoms with van der Waals surface area (Å²) in [4.78, 5) is 13.6. The second kappa shape index (κ2) is 10.1. The van der Waals surface area contributed by atoms with Crippen LogP contribution in [0.15, 0.2) is 47.4 Å². The lowest BCUT2D eigenvalue weighted by molar-refractivity contribution is -0.147. The second-order valence-electron chi connectivity index (χ2n) is 7.68. The van der Waals surface area contributed by atoms with E-state index in [-0.39, 0.29) is 0 Å². The van der Waals surface area contributed by atoms with Crippen LogP contribution in [0.3, 0.4) is 0 Å². The maximum atomic E-state index is 12.7. The number of hydrogen-bond donors (Lipinski definition) is 1. The van der Waals surface area contributed by atoms with Gasteiger partial charge in [0.15, 0.2) is 0 Å². The lowest BCUT2D eigenvalue weighted by Crippen LogP contribution is -2.29. The van der Waals surface area contributed by atoms with Gasteiger partial charge in [-0.05, 0) is 61.9 Å². The highest BCUT2D eigenvalue weighted by molar-refractivity contribution is 7.98. The minimum Gasteiger partial charge on any atom is -0.478 e. The maximum Gasteiger partial charge on any atom is 0.416 e. The van der Waals surface area contributed by atoms with Crippen LogP contribution in [0.4, 0.5) is 13.2 Å². The zero-order valence-electron chi connectivity index (χ0n) is 19.3. The average Bonchev–Trinajstić information content (AvgIpc) is 3.50. The molecule has 1 N–H and O–H groups in total. The van der Waals surface area contributed by atoms with Crippen LogP contribution in [0.25, 0.3) is 5.69 Å². The number of carbonyl (C=O) groups is 1. The van der Waals surface area contributed by atoms with Crippen LogP contribution < -0.4 is 4.74 Å². The van der Waals surface area contributed by atoms with Crippen molar-refractivity contribution in [3.8, 4) is 11.4 Å². The first-order valence-corrected chi connectivity index (χ1v) is 11.8. The van der Waals surface area contributed by atoms with Crippen LogP contribution in [0.1, 0.15) is 49.2 Å². The molecule has 0 radical (unpaired) electrons. The van der Waals surface area contributed by atoms with Crippen molar-refractivity contribution < 1.29 is 27.8 Å². The van der Waals surface area contributed by atoms with Gasteiger partial charge in [-0.15, -0.1) is 11.8 Å². The van der Waals surface area contributed by atoms with Crippen molar-refractivity contribution in [3.05, 3.63) is 65.0 Å². The molecule has 1 aliphatic carbocycles. The number of aromatic nitrogens is 3. The van der Waals surface area contributed by atoms with E-state index in [2.05, 4.69) is 10.2 Å². The summed E-state index contributed by atoms with van der Waals surface area (Å²) in [7, 11) is 0. The van der Waals surface area contributed by atoms with E-state index in [1.54, 1.807) is 13.0 Å². The number of rotatable bonds is 7. The Morgan fingerprint density at radius 2 is 1.76 bits per heavy atom. The van der Waals surface area contributed by atoms with Gasteiger partial charge in [0.2, 0.25) is 5.60 Å². The van der Waals surface area contributed by atoms with Gasteiger partial charge >= 0.3 is 12.1 Å². The number of carboxylic acid groups (broad SMARTS) is 1. The predicted molar refractivity (Wildman–Crippen MR) is 123 cm³/mol. The fourth-order valence-electron chi connectivity index (χ4n) is 3.10. The number of halogens is 3. The highest BCUT2D eigenvalue weighted by Gasteiger charge is 2.53. The summed E-state index contributed by atoms with van der Waals surface area (Å²) >= 11 is 1.53. The van der Waals surface area contributed by atoms with Gasteiger partial charge in [-0.25, -0.2) is 4.79 Å². The van der Waals surface area contributed by atoms with Crippen LogP contribution in [-0.2, 0) is 16.7 Å². The fraction of sp³-hybridized carbons (Fsp3) is 0.375. The largest absolute Gasteiger partial charge is 0.478 e. The molecule has 4 rings (SSSR count). The van der Waals surface area contributed by atoms with Gasteiger partial charge in [-0.2, -0.15) is 28.2 Å². The Bertz CT molecular complexity index is 1160. The molecule has 0 aliphatic heterocycles. The number of carboxylic acids is 1. The number of nitrogens with zero attached hydrogens (tertiary/aromatic N) is 3. The molecule has 2 aromatic carbocycles. The third-order valence-electron chi connectivity index (χ3n) is 5.22. The van der Waals surface area contributed by atoms with Gasteiger partial charge in [-0.3, -0.25) is 0 Å². The number of aliphatic carboxylic acids is 1. The first-order chi connectivity index (χ1) is 16.1. The van der Waals surface area contributed by atoms with E-state index in [9.17, 15) is 23.1 Å². The first kappa shape index (κ1) is 25.6.